The van der Waals surface area contributed by atoms with Crippen LogP contribution in [0.5, 0.6) is 0 Å². The van der Waals surface area contributed by atoms with Crippen molar-refractivity contribution >= 4 is 6.29 Å². The third-order valence-corrected chi connectivity index (χ3v) is 2.16. The number of hydrogen-bond donors (Lipinski definition) is 0. The first kappa shape index (κ1) is 9.65. The molecule has 0 fully saturated rings. The molecule has 1 aromatic heterocycles. The van der Waals surface area contributed by atoms with Crippen LogP contribution in [0.4, 0.5) is 4.39 Å². The van der Waals surface area contributed by atoms with Gasteiger partial charge in [-0.2, -0.15) is 0 Å². The monoisotopic (exact) mass is 204 g/mol. The Morgan fingerprint density at radius 3 is 2.80 bits per heavy atom. The minimum Gasteiger partial charge on any atom is -0.461 e. The van der Waals surface area contributed by atoms with Gasteiger partial charge in [-0.3, -0.25) is 4.79 Å². The second-order valence-electron chi connectivity index (χ2n) is 3.33. The van der Waals surface area contributed by atoms with Gasteiger partial charge in [0.1, 0.15) is 5.82 Å². The Labute approximate surface area is 86.3 Å². The molecule has 2 nitrogen and oxygen atoms in total. The van der Waals surface area contributed by atoms with Crippen molar-refractivity contribution in [2.75, 3.05) is 0 Å². The highest BCUT2D eigenvalue weighted by atomic mass is 19.1. The van der Waals surface area contributed by atoms with Crippen LogP contribution in [0.15, 0.2) is 34.9 Å². The third-order valence-electron chi connectivity index (χ3n) is 2.16. The SMILES string of the molecule is Cc1cc(F)cc(-c2ccoc2C=O)c1. The molecule has 0 aliphatic carbocycles. The predicted molar refractivity (Wildman–Crippen MR) is 54.2 cm³/mol. The lowest BCUT2D eigenvalue weighted by molar-refractivity contribution is 0.110. The molecule has 0 bridgehead atoms. The zero-order valence-corrected chi connectivity index (χ0v) is 8.16. The fraction of sp³-hybridized carbons (Fsp3) is 0.0833. The van der Waals surface area contributed by atoms with E-state index in [2.05, 4.69) is 0 Å². The Hall–Kier alpha value is -1.90. The van der Waals surface area contributed by atoms with Gasteiger partial charge < -0.3 is 4.42 Å². The van der Waals surface area contributed by atoms with Gasteiger partial charge in [0.2, 0.25) is 0 Å². The molecule has 15 heavy (non-hydrogen) atoms. The highest BCUT2D eigenvalue weighted by Crippen LogP contribution is 2.25. The van der Waals surface area contributed by atoms with E-state index in [0.717, 1.165) is 5.56 Å². The number of furan rings is 1. The van der Waals surface area contributed by atoms with Crippen LogP contribution >= 0.6 is 0 Å². The van der Waals surface area contributed by atoms with E-state index in [1.54, 1.807) is 19.1 Å². The highest BCUT2D eigenvalue weighted by Gasteiger charge is 2.08. The second kappa shape index (κ2) is 3.69. The van der Waals surface area contributed by atoms with Crippen molar-refractivity contribution in [2.45, 2.75) is 6.92 Å². The maximum atomic E-state index is 13.1. The van der Waals surface area contributed by atoms with Crippen molar-refractivity contribution in [3.63, 3.8) is 0 Å². The lowest BCUT2D eigenvalue weighted by Crippen LogP contribution is -1.85. The van der Waals surface area contributed by atoms with Gasteiger partial charge in [0, 0.05) is 5.56 Å². The molecule has 3 heteroatoms. The van der Waals surface area contributed by atoms with Crippen LogP contribution in [0, 0.1) is 12.7 Å². The number of halogens is 1. The van der Waals surface area contributed by atoms with Gasteiger partial charge in [-0.1, -0.05) is 6.07 Å². The molecular formula is C12H9FO2. The largest absolute Gasteiger partial charge is 0.461 e. The third kappa shape index (κ3) is 1.81. The average Bonchev–Trinajstić information content (AvgIpc) is 2.63. The summed E-state index contributed by atoms with van der Waals surface area (Å²) in [5.74, 6) is -0.0944. The van der Waals surface area contributed by atoms with Crippen LogP contribution < -0.4 is 0 Å². The summed E-state index contributed by atoms with van der Waals surface area (Å²) in [4.78, 5) is 10.6. The molecule has 0 radical (unpaired) electrons. The molecule has 0 saturated heterocycles. The molecule has 2 rings (SSSR count). The molecule has 0 atom stereocenters. The van der Waals surface area contributed by atoms with E-state index in [9.17, 15) is 9.18 Å². The van der Waals surface area contributed by atoms with Crippen LogP contribution in [-0.4, -0.2) is 6.29 Å². The van der Waals surface area contributed by atoms with Gasteiger partial charge in [-0.05, 0) is 36.2 Å². The highest BCUT2D eigenvalue weighted by molar-refractivity contribution is 5.84. The summed E-state index contributed by atoms with van der Waals surface area (Å²) < 4.78 is 18.1. The Balaban J connectivity index is 2.58. The average molecular weight is 204 g/mol. The zero-order valence-electron chi connectivity index (χ0n) is 8.16. The number of carbonyl (C=O) groups is 1. The van der Waals surface area contributed by atoms with E-state index in [-0.39, 0.29) is 11.6 Å². The summed E-state index contributed by atoms with van der Waals surface area (Å²) in [7, 11) is 0. The quantitative estimate of drug-likeness (QED) is 0.703. The summed E-state index contributed by atoms with van der Waals surface area (Å²) in [6.45, 7) is 1.80. The number of hydrogen-bond acceptors (Lipinski definition) is 2. The van der Waals surface area contributed by atoms with E-state index in [1.807, 2.05) is 0 Å². The van der Waals surface area contributed by atoms with Crippen molar-refractivity contribution in [1.82, 2.24) is 0 Å². The molecule has 1 aromatic carbocycles. The van der Waals surface area contributed by atoms with Gasteiger partial charge in [0.05, 0.1) is 6.26 Å². The van der Waals surface area contributed by atoms with Crippen molar-refractivity contribution in [3.8, 4) is 11.1 Å². The van der Waals surface area contributed by atoms with Crippen LogP contribution in [-0.2, 0) is 0 Å². The molecule has 0 aliphatic heterocycles. The molecule has 0 saturated carbocycles. The van der Waals surface area contributed by atoms with Crippen LogP contribution in [0.3, 0.4) is 0 Å². The lowest BCUT2D eigenvalue weighted by Gasteiger charge is -2.01. The Kier molecular flexibility index (Phi) is 2.37. The first-order valence-corrected chi connectivity index (χ1v) is 4.51. The van der Waals surface area contributed by atoms with Gasteiger partial charge >= 0.3 is 0 Å². The number of aryl methyl sites for hydroxylation is 1. The summed E-state index contributed by atoms with van der Waals surface area (Å²) in [6.07, 6.45) is 2.04. The topological polar surface area (TPSA) is 30.2 Å². The van der Waals surface area contributed by atoms with Crippen molar-refractivity contribution in [1.29, 1.82) is 0 Å². The normalized spacial score (nSPS) is 10.3. The molecule has 2 aromatic rings. The maximum absolute atomic E-state index is 13.1. The van der Waals surface area contributed by atoms with E-state index in [4.69, 9.17) is 4.42 Å². The van der Waals surface area contributed by atoms with Crippen molar-refractivity contribution < 1.29 is 13.6 Å². The molecule has 0 spiro atoms. The molecule has 0 N–H and O–H groups in total. The summed E-state index contributed by atoms with van der Waals surface area (Å²) in [5, 5.41) is 0. The molecular weight excluding hydrogens is 195 g/mol. The maximum Gasteiger partial charge on any atom is 0.185 e. The molecule has 1 heterocycles. The van der Waals surface area contributed by atoms with E-state index < -0.39 is 0 Å². The number of rotatable bonds is 2. The van der Waals surface area contributed by atoms with E-state index in [0.29, 0.717) is 17.4 Å². The summed E-state index contributed by atoms with van der Waals surface area (Å²) >= 11 is 0. The predicted octanol–water partition coefficient (Wildman–Crippen LogP) is 3.21. The van der Waals surface area contributed by atoms with Gasteiger partial charge in [-0.15, -0.1) is 0 Å². The smallest absolute Gasteiger partial charge is 0.185 e. The standard InChI is InChI=1S/C12H9FO2/c1-8-4-9(6-10(13)5-8)11-2-3-15-12(11)7-14/h2-7H,1H3. The Bertz CT molecular complexity index is 480. The fourth-order valence-electron chi connectivity index (χ4n) is 1.54. The molecule has 76 valence electrons. The van der Waals surface area contributed by atoms with Gasteiger partial charge in [0.15, 0.2) is 12.0 Å². The summed E-state index contributed by atoms with van der Waals surface area (Å²) in [6, 6.07) is 6.27. The molecule has 0 unspecified atom stereocenters. The van der Waals surface area contributed by atoms with Crippen LogP contribution in [0.1, 0.15) is 16.1 Å². The Morgan fingerprint density at radius 1 is 1.33 bits per heavy atom. The van der Waals surface area contributed by atoms with Gasteiger partial charge in [0.25, 0.3) is 0 Å². The van der Waals surface area contributed by atoms with E-state index >= 15 is 0 Å². The lowest BCUT2D eigenvalue weighted by atomic mass is 10.0. The minimum absolute atomic E-state index is 0.222. The van der Waals surface area contributed by atoms with Crippen LogP contribution in [0.25, 0.3) is 11.1 Å². The van der Waals surface area contributed by atoms with Crippen LogP contribution in [0.2, 0.25) is 0 Å². The van der Waals surface area contributed by atoms with Gasteiger partial charge in [-0.25, -0.2) is 4.39 Å². The minimum atomic E-state index is -0.317. The van der Waals surface area contributed by atoms with Crippen molar-refractivity contribution in [2.24, 2.45) is 0 Å². The molecule has 0 amide bonds. The number of carbonyl (C=O) groups excluding carboxylic acids is 1. The second-order valence-corrected chi connectivity index (χ2v) is 3.33. The van der Waals surface area contributed by atoms with Crippen molar-refractivity contribution in [3.05, 3.63) is 47.7 Å². The zero-order chi connectivity index (χ0) is 10.8. The Morgan fingerprint density at radius 2 is 2.13 bits per heavy atom. The number of benzene rings is 1. The van der Waals surface area contributed by atoms with E-state index in [1.165, 1.54) is 18.4 Å². The first-order chi connectivity index (χ1) is 7.20. The first-order valence-electron chi connectivity index (χ1n) is 4.51. The molecule has 0 aliphatic rings. The fourth-order valence-corrected chi connectivity index (χ4v) is 1.54. The summed E-state index contributed by atoms with van der Waals surface area (Å²) in [5.41, 5.74) is 2.08. The number of aldehydes is 1.